The monoisotopic (exact) mass is 290 g/mol. The quantitative estimate of drug-likeness (QED) is 0.764. The number of methoxy groups -OCH3 is 1. The van der Waals surface area contributed by atoms with Crippen molar-refractivity contribution in [3.05, 3.63) is 0 Å². The zero-order chi connectivity index (χ0) is 14.8. The third-order valence-corrected chi connectivity index (χ3v) is 9.62. The molecule has 0 aromatic carbocycles. The second kappa shape index (κ2) is 6.22. The summed E-state index contributed by atoms with van der Waals surface area (Å²) in [4.78, 5) is 0. The highest BCUT2D eigenvalue weighted by Gasteiger charge is 2.47. The number of hydrogen-bond acceptors (Lipinski definition) is 4. The van der Waals surface area contributed by atoms with Crippen LogP contribution in [0.5, 0.6) is 0 Å². The molecule has 3 atom stereocenters. The van der Waals surface area contributed by atoms with Gasteiger partial charge in [0.15, 0.2) is 14.6 Å². The Labute approximate surface area is 118 Å². The normalized spacial score (nSPS) is 29.2. The van der Waals surface area contributed by atoms with Gasteiger partial charge in [0.2, 0.25) is 0 Å². The largest absolute Gasteiger partial charge is 0.411 e. The lowest BCUT2D eigenvalue weighted by molar-refractivity contribution is -0.126. The van der Waals surface area contributed by atoms with E-state index in [4.69, 9.17) is 13.9 Å². The fourth-order valence-corrected chi connectivity index (χ4v) is 5.04. The van der Waals surface area contributed by atoms with Crippen LogP contribution in [0.15, 0.2) is 0 Å². The molecule has 0 aromatic rings. The third-order valence-electron chi connectivity index (χ3n) is 5.05. The van der Waals surface area contributed by atoms with Crippen molar-refractivity contribution in [1.29, 1.82) is 0 Å². The molecule has 5 heteroatoms. The fraction of sp³-hybridized carbons (Fsp3) is 1.00. The molecule has 0 aliphatic carbocycles. The van der Waals surface area contributed by atoms with Crippen LogP contribution in [0.1, 0.15) is 34.1 Å². The molecule has 1 aliphatic heterocycles. The predicted octanol–water partition coefficient (Wildman–Crippen LogP) is 2.77. The Balaban J connectivity index is 2.77. The molecule has 1 rings (SSSR count). The number of ether oxygens (including phenoxy) is 2. The van der Waals surface area contributed by atoms with Crippen LogP contribution in [0.3, 0.4) is 0 Å². The summed E-state index contributed by atoms with van der Waals surface area (Å²) in [6, 6.07) is 0. The van der Waals surface area contributed by atoms with Gasteiger partial charge in [-0.3, -0.25) is 0 Å². The van der Waals surface area contributed by atoms with Crippen molar-refractivity contribution >= 4 is 8.32 Å². The van der Waals surface area contributed by atoms with E-state index >= 15 is 0 Å². The maximum Gasteiger partial charge on any atom is 0.193 e. The van der Waals surface area contributed by atoms with Crippen molar-refractivity contribution < 1.29 is 19.0 Å². The molecule has 1 saturated heterocycles. The third kappa shape index (κ3) is 3.58. The minimum Gasteiger partial charge on any atom is -0.411 e. The highest BCUT2D eigenvalue weighted by Crippen LogP contribution is 2.46. The summed E-state index contributed by atoms with van der Waals surface area (Å²) in [7, 11) is -0.279. The van der Waals surface area contributed by atoms with Crippen LogP contribution in [-0.2, 0) is 13.9 Å². The van der Waals surface area contributed by atoms with Crippen molar-refractivity contribution in [1.82, 2.24) is 0 Å². The maximum atomic E-state index is 9.41. The molecule has 19 heavy (non-hydrogen) atoms. The van der Waals surface area contributed by atoms with Gasteiger partial charge in [0.1, 0.15) is 6.10 Å². The summed E-state index contributed by atoms with van der Waals surface area (Å²) in [5.74, 6) is 0.558. The first-order valence-electron chi connectivity index (χ1n) is 7.12. The molecular formula is C14H30O4Si. The lowest BCUT2D eigenvalue weighted by Gasteiger charge is -2.44. The summed E-state index contributed by atoms with van der Waals surface area (Å²) >= 11 is 0. The minimum atomic E-state index is -1.91. The average Bonchev–Trinajstić information content (AvgIpc) is 2.70. The molecule has 1 heterocycles. The van der Waals surface area contributed by atoms with Crippen molar-refractivity contribution in [2.45, 2.75) is 70.7 Å². The number of rotatable bonds is 6. The molecule has 0 radical (unpaired) electrons. The van der Waals surface area contributed by atoms with Crippen molar-refractivity contribution in [3.63, 3.8) is 0 Å². The smallest absolute Gasteiger partial charge is 0.193 e. The molecule has 114 valence electrons. The van der Waals surface area contributed by atoms with Gasteiger partial charge in [-0.25, -0.2) is 0 Å². The van der Waals surface area contributed by atoms with Gasteiger partial charge in [-0.05, 0) is 24.1 Å². The van der Waals surface area contributed by atoms with E-state index in [2.05, 4.69) is 40.8 Å². The molecule has 1 fully saturated rings. The van der Waals surface area contributed by atoms with Gasteiger partial charge < -0.3 is 19.0 Å². The zero-order valence-corrected chi connectivity index (χ0v) is 14.4. The molecule has 0 saturated carbocycles. The van der Waals surface area contributed by atoms with Crippen LogP contribution in [-0.4, -0.2) is 45.6 Å². The van der Waals surface area contributed by atoms with E-state index in [1.54, 1.807) is 7.11 Å². The first-order chi connectivity index (χ1) is 8.65. The standard InChI is InChI=1S/C14H30O4Si/c1-10(2)14(3,4)19(6,7)18-11-8-13(16-5)17-12(11)9-15/h10-13,15H,8-9H2,1-7H3/t11-,12-,13+/m1/s1. The lowest BCUT2D eigenvalue weighted by Crippen LogP contribution is -2.49. The van der Waals surface area contributed by atoms with E-state index in [1.165, 1.54) is 0 Å². The maximum absolute atomic E-state index is 9.41. The molecule has 0 aromatic heterocycles. The Morgan fingerprint density at radius 3 is 2.37 bits per heavy atom. The Kier molecular flexibility index (Phi) is 5.60. The molecular weight excluding hydrogens is 260 g/mol. The Hall–Kier alpha value is 0.0569. The SMILES string of the molecule is CO[C@@H]1C[C@@H](O[Si](C)(C)C(C)(C)C(C)C)[C@@H](CO)O1. The summed E-state index contributed by atoms with van der Waals surface area (Å²) in [5.41, 5.74) is 0. The summed E-state index contributed by atoms with van der Waals surface area (Å²) in [6.07, 6.45) is 0.121. The first kappa shape index (κ1) is 17.1. The van der Waals surface area contributed by atoms with E-state index in [-0.39, 0.29) is 30.1 Å². The minimum absolute atomic E-state index is 0.0168. The highest BCUT2D eigenvalue weighted by atomic mass is 28.4. The number of aliphatic hydroxyl groups is 1. The lowest BCUT2D eigenvalue weighted by atomic mass is 9.99. The van der Waals surface area contributed by atoms with Crippen LogP contribution in [0.2, 0.25) is 18.1 Å². The number of hydrogen-bond donors (Lipinski definition) is 1. The molecule has 1 N–H and O–H groups in total. The first-order valence-corrected chi connectivity index (χ1v) is 10.0. The second-order valence-electron chi connectivity index (χ2n) is 6.80. The topological polar surface area (TPSA) is 47.9 Å². The summed E-state index contributed by atoms with van der Waals surface area (Å²) in [6.45, 7) is 13.5. The zero-order valence-electron chi connectivity index (χ0n) is 13.4. The van der Waals surface area contributed by atoms with E-state index in [0.29, 0.717) is 12.3 Å². The molecule has 0 bridgehead atoms. The van der Waals surface area contributed by atoms with Crippen molar-refractivity contribution in [2.75, 3.05) is 13.7 Å². The molecule has 0 spiro atoms. The number of aliphatic hydroxyl groups excluding tert-OH is 1. The molecule has 1 aliphatic rings. The van der Waals surface area contributed by atoms with Crippen LogP contribution < -0.4 is 0 Å². The van der Waals surface area contributed by atoms with Gasteiger partial charge in [-0.1, -0.05) is 27.7 Å². The molecule has 4 nitrogen and oxygen atoms in total. The van der Waals surface area contributed by atoms with Gasteiger partial charge in [-0.15, -0.1) is 0 Å². The summed E-state index contributed by atoms with van der Waals surface area (Å²) in [5, 5.41) is 9.58. The van der Waals surface area contributed by atoms with E-state index in [1.807, 2.05) is 0 Å². The Morgan fingerprint density at radius 1 is 1.37 bits per heavy atom. The van der Waals surface area contributed by atoms with Gasteiger partial charge in [0, 0.05) is 13.5 Å². The van der Waals surface area contributed by atoms with Crippen LogP contribution >= 0.6 is 0 Å². The Bertz CT molecular complexity index is 291. The van der Waals surface area contributed by atoms with Crippen molar-refractivity contribution in [2.24, 2.45) is 5.92 Å². The Morgan fingerprint density at radius 2 is 1.95 bits per heavy atom. The molecule has 0 amide bonds. The van der Waals surface area contributed by atoms with E-state index < -0.39 is 8.32 Å². The van der Waals surface area contributed by atoms with Gasteiger partial charge >= 0.3 is 0 Å². The van der Waals surface area contributed by atoms with E-state index in [0.717, 1.165) is 0 Å². The van der Waals surface area contributed by atoms with Crippen LogP contribution in [0.4, 0.5) is 0 Å². The predicted molar refractivity (Wildman–Crippen MR) is 78.6 cm³/mol. The van der Waals surface area contributed by atoms with Crippen LogP contribution in [0.25, 0.3) is 0 Å². The van der Waals surface area contributed by atoms with Crippen molar-refractivity contribution in [3.8, 4) is 0 Å². The van der Waals surface area contributed by atoms with Gasteiger partial charge in [0.25, 0.3) is 0 Å². The van der Waals surface area contributed by atoms with E-state index in [9.17, 15) is 5.11 Å². The molecule has 0 unspecified atom stereocenters. The van der Waals surface area contributed by atoms with Gasteiger partial charge in [0.05, 0.1) is 12.7 Å². The highest BCUT2D eigenvalue weighted by molar-refractivity contribution is 6.74. The fourth-order valence-electron chi connectivity index (χ4n) is 2.34. The van der Waals surface area contributed by atoms with Crippen LogP contribution in [0, 0.1) is 5.92 Å². The van der Waals surface area contributed by atoms with Gasteiger partial charge in [-0.2, -0.15) is 0 Å². The average molecular weight is 290 g/mol. The summed E-state index contributed by atoms with van der Waals surface area (Å²) < 4.78 is 17.3. The second-order valence-corrected chi connectivity index (χ2v) is 11.3.